The van der Waals surface area contributed by atoms with Crippen LogP contribution < -0.4 is 11.1 Å². The second-order valence-electron chi connectivity index (χ2n) is 3.40. The van der Waals surface area contributed by atoms with E-state index in [-0.39, 0.29) is 17.9 Å². The van der Waals surface area contributed by atoms with Crippen LogP contribution in [0.15, 0.2) is 12.4 Å². The van der Waals surface area contributed by atoms with Crippen molar-refractivity contribution in [2.75, 3.05) is 5.32 Å². The van der Waals surface area contributed by atoms with Crippen molar-refractivity contribution in [2.45, 2.75) is 12.5 Å². The van der Waals surface area contributed by atoms with Crippen molar-refractivity contribution in [3.63, 3.8) is 0 Å². The summed E-state index contributed by atoms with van der Waals surface area (Å²) in [7, 11) is 1.85. The molecule has 1 amide bonds. The van der Waals surface area contributed by atoms with Crippen LogP contribution in [0.4, 0.5) is 5.69 Å². The van der Waals surface area contributed by atoms with Crippen LogP contribution in [0.3, 0.4) is 0 Å². The standard InChI is InChI=1S/C8H12N4O/c1-12-4-5(3-10-12)11-7-2-6(7)8(9)13/h3-4,6-7,11H,2H2,1H3,(H2,9,13). The molecule has 0 radical (unpaired) electrons. The molecule has 70 valence electrons. The Labute approximate surface area is 75.9 Å². The number of rotatable bonds is 3. The molecule has 0 aliphatic heterocycles. The zero-order chi connectivity index (χ0) is 9.42. The smallest absolute Gasteiger partial charge is 0.222 e. The van der Waals surface area contributed by atoms with Crippen LogP contribution >= 0.6 is 0 Å². The predicted molar refractivity (Wildman–Crippen MR) is 47.9 cm³/mol. The number of hydrogen-bond donors (Lipinski definition) is 2. The van der Waals surface area contributed by atoms with Gasteiger partial charge >= 0.3 is 0 Å². The van der Waals surface area contributed by atoms with Gasteiger partial charge in [0, 0.05) is 19.3 Å². The third kappa shape index (κ3) is 1.63. The molecular weight excluding hydrogens is 168 g/mol. The zero-order valence-electron chi connectivity index (χ0n) is 7.40. The Morgan fingerprint density at radius 1 is 1.85 bits per heavy atom. The van der Waals surface area contributed by atoms with Crippen LogP contribution in [0, 0.1) is 5.92 Å². The Kier molecular flexibility index (Phi) is 1.72. The van der Waals surface area contributed by atoms with Crippen molar-refractivity contribution in [1.29, 1.82) is 0 Å². The molecule has 2 rings (SSSR count). The average molecular weight is 180 g/mol. The number of hydrogen-bond acceptors (Lipinski definition) is 3. The van der Waals surface area contributed by atoms with Gasteiger partial charge in [0.2, 0.25) is 5.91 Å². The van der Waals surface area contributed by atoms with Crippen molar-refractivity contribution in [3.05, 3.63) is 12.4 Å². The minimum Gasteiger partial charge on any atom is -0.379 e. The summed E-state index contributed by atoms with van der Waals surface area (Å²) < 4.78 is 1.71. The third-order valence-corrected chi connectivity index (χ3v) is 2.21. The predicted octanol–water partition coefficient (Wildman–Crippen LogP) is -0.294. The molecule has 1 aliphatic rings. The SMILES string of the molecule is Cn1cc(NC2CC2C(N)=O)cn1. The van der Waals surface area contributed by atoms with Crippen molar-refractivity contribution < 1.29 is 4.79 Å². The summed E-state index contributed by atoms with van der Waals surface area (Å²) >= 11 is 0. The summed E-state index contributed by atoms with van der Waals surface area (Å²) in [6.07, 6.45) is 4.44. The van der Waals surface area contributed by atoms with Crippen LogP contribution in [0.25, 0.3) is 0 Å². The van der Waals surface area contributed by atoms with Gasteiger partial charge in [-0.15, -0.1) is 0 Å². The highest BCUT2D eigenvalue weighted by atomic mass is 16.1. The van der Waals surface area contributed by atoms with Gasteiger partial charge < -0.3 is 11.1 Å². The maximum atomic E-state index is 10.7. The second kappa shape index (κ2) is 2.76. The van der Waals surface area contributed by atoms with E-state index in [0.717, 1.165) is 12.1 Å². The largest absolute Gasteiger partial charge is 0.379 e. The van der Waals surface area contributed by atoms with E-state index in [4.69, 9.17) is 5.73 Å². The fraction of sp³-hybridized carbons (Fsp3) is 0.500. The number of primary amides is 1. The van der Waals surface area contributed by atoms with Gasteiger partial charge in [-0.25, -0.2) is 0 Å². The lowest BCUT2D eigenvalue weighted by Crippen LogP contribution is -2.18. The highest BCUT2D eigenvalue weighted by Gasteiger charge is 2.41. The van der Waals surface area contributed by atoms with E-state index >= 15 is 0 Å². The lowest BCUT2D eigenvalue weighted by atomic mass is 10.4. The Balaban J connectivity index is 1.91. The minimum absolute atomic E-state index is 0.000191. The number of carbonyl (C=O) groups is 1. The van der Waals surface area contributed by atoms with Crippen LogP contribution in [-0.2, 0) is 11.8 Å². The van der Waals surface area contributed by atoms with Gasteiger partial charge in [0.05, 0.1) is 17.8 Å². The quantitative estimate of drug-likeness (QED) is 0.671. The molecule has 1 aliphatic carbocycles. The van der Waals surface area contributed by atoms with Crippen molar-refractivity contribution in [3.8, 4) is 0 Å². The molecule has 1 heterocycles. The first-order valence-electron chi connectivity index (χ1n) is 4.21. The molecule has 2 unspecified atom stereocenters. The second-order valence-corrected chi connectivity index (χ2v) is 3.40. The van der Waals surface area contributed by atoms with E-state index < -0.39 is 0 Å². The van der Waals surface area contributed by atoms with Gasteiger partial charge in [0.15, 0.2) is 0 Å². The first-order chi connectivity index (χ1) is 6.16. The molecule has 5 heteroatoms. The molecule has 0 spiro atoms. The summed E-state index contributed by atoms with van der Waals surface area (Å²) in [4.78, 5) is 10.7. The van der Waals surface area contributed by atoms with Crippen LogP contribution in [0.5, 0.6) is 0 Å². The monoisotopic (exact) mass is 180 g/mol. The molecule has 0 bridgehead atoms. The maximum Gasteiger partial charge on any atom is 0.222 e. The number of nitrogens with one attached hydrogen (secondary N) is 1. The fourth-order valence-corrected chi connectivity index (χ4v) is 1.38. The topological polar surface area (TPSA) is 72.9 Å². The molecule has 3 N–H and O–H groups in total. The van der Waals surface area contributed by atoms with Crippen LogP contribution in [0.2, 0.25) is 0 Å². The first-order valence-corrected chi connectivity index (χ1v) is 4.21. The molecule has 1 aromatic rings. The third-order valence-electron chi connectivity index (χ3n) is 2.21. The highest BCUT2D eigenvalue weighted by Crippen LogP contribution is 2.32. The molecule has 1 saturated carbocycles. The Bertz CT molecular complexity index is 333. The molecule has 5 nitrogen and oxygen atoms in total. The summed E-state index contributed by atoms with van der Waals surface area (Å²) in [6, 6.07) is 0.210. The first kappa shape index (κ1) is 8.10. The number of aromatic nitrogens is 2. The number of nitrogens with zero attached hydrogens (tertiary/aromatic N) is 2. The molecule has 1 aromatic heterocycles. The van der Waals surface area contributed by atoms with Gasteiger partial charge in [-0.1, -0.05) is 0 Å². The number of aryl methyl sites for hydroxylation is 1. The lowest BCUT2D eigenvalue weighted by Gasteiger charge is -1.99. The van der Waals surface area contributed by atoms with E-state index in [1.807, 2.05) is 13.2 Å². The zero-order valence-corrected chi connectivity index (χ0v) is 7.40. The summed E-state index contributed by atoms with van der Waals surface area (Å²) in [5.74, 6) is -0.221. The normalized spacial score (nSPS) is 25.6. The van der Waals surface area contributed by atoms with Crippen molar-refractivity contribution >= 4 is 11.6 Å². The maximum absolute atomic E-state index is 10.7. The number of amides is 1. The van der Waals surface area contributed by atoms with E-state index in [2.05, 4.69) is 10.4 Å². The van der Waals surface area contributed by atoms with Crippen LogP contribution in [0.1, 0.15) is 6.42 Å². The molecular formula is C8H12N4O. The van der Waals surface area contributed by atoms with E-state index in [0.29, 0.717) is 0 Å². The minimum atomic E-state index is -0.221. The van der Waals surface area contributed by atoms with E-state index in [1.165, 1.54) is 0 Å². The van der Waals surface area contributed by atoms with Crippen molar-refractivity contribution in [1.82, 2.24) is 9.78 Å². The summed E-state index contributed by atoms with van der Waals surface area (Å²) in [5, 5.41) is 7.19. The Hall–Kier alpha value is -1.52. The Morgan fingerprint density at radius 3 is 3.08 bits per heavy atom. The lowest BCUT2D eigenvalue weighted by molar-refractivity contribution is -0.119. The summed E-state index contributed by atoms with van der Waals surface area (Å²) in [6.45, 7) is 0. The Morgan fingerprint density at radius 2 is 2.62 bits per heavy atom. The summed E-state index contributed by atoms with van der Waals surface area (Å²) in [5.41, 5.74) is 6.09. The number of anilines is 1. The highest BCUT2D eigenvalue weighted by molar-refractivity contribution is 5.81. The van der Waals surface area contributed by atoms with Gasteiger partial charge in [0.1, 0.15) is 0 Å². The molecule has 1 fully saturated rings. The van der Waals surface area contributed by atoms with Gasteiger partial charge in [-0.2, -0.15) is 5.10 Å². The molecule has 0 saturated heterocycles. The molecule has 0 aromatic carbocycles. The fourth-order valence-electron chi connectivity index (χ4n) is 1.38. The number of carbonyl (C=O) groups excluding carboxylic acids is 1. The molecule has 13 heavy (non-hydrogen) atoms. The average Bonchev–Trinajstić information content (AvgIpc) is 2.69. The van der Waals surface area contributed by atoms with Gasteiger partial charge in [-0.05, 0) is 6.42 Å². The molecule has 2 atom stereocenters. The van der Waals surface area contributed by atoms with Gasteiger partial charge in [-0.3, -0.25) is 9.48 Å². The van der Waals surface area contributed by atoms with Crippen LogP contribution in [-0.4, -0.2) is 21.7 Å². The van der Waals surface area contributed by atoms with Gasteiger partial charge in [0.25, 0.3) is 0 Å². The van der Waals surface area contributed by atoms with E-state index in [9.17, 15) is 4.79 Å². The van der Waals surface area contributed by atoms with Crippen molar-refractivity contribution in [2.24, 2.45) is 18.7 Å². The number of nitrogens with two attached hydrogens (primary N) is 1. The van der Waals surface area contributed by atoms with E-state index in [1.54, 1.807) is 10.9 Å².